The van der Waals surface area contributed by atoms with Gasteiger partial charge in [-0.1, -0.05) is 0 Å². The molecule has 0 spiro atoms. The Bertz CT molecular complexity index is 553. The van der Waals surface area contributed by atoms with Crippen LogP contribution >= 0.6 is 11.3 Å². The van der Waals surface area contributed by atoms with Crippen LogP contribution in [0.2, 0.25) is 0 Å². The minimum absolute atomic E-state index is 0.243. The highest BCUT2D eigenvalue weighted by Crippen LogP contribution is 2.32. The van der Waals surface area contributed by atoms with Crippen molar-refractivity contribution >= 4 is 17.2 Å². The Morgan fingerprint density at radius 1 is 1.35 bits per heavy atom. The number of rotatable bonds is 4. The summed E-state index contributed by atoms with van der Waals surface area (Å²) in [5.41, 5.74) is 2.48. The molecule has 20 heavy (non-hydrogen) atoms. The first-order chi connectivity index (χ1) is 9.84. The molecular formula is C16H18N2OS. The van der Waals surface area contributed by atoms with Crippen LogP contribution in [-0.4, -0.2) is 22.3 Å². The van der Waals surface area contributed by atoms with Gasteiger partial charge < -0.3 is 4.90 Å². The molecule has 1 aliphatic heterocycles. The Morgan fingerprint density at radius 2 is 2.20 bits per heavy atom. The molecule has 3 rings (SSSR count). The van der Waals surface area contributed by atoms with Gasteiger partial charge in [-0.15, -0.1) is 0 Å². The normalized spacial score (nSPS) is 18.4. The zero-order chi connectivity index (χ0) is 13.8. The molecule has 0 saturated carbocycles. The van der Waals surface area contributed by atoms with Gasteiger partial charge in [0.05, 0.1) is 6.04 Å². The van der Waals surface area contributed by atoms with E-state index in [0.29, 0.717) is 6.42 Å². The third kappa shape index (κ3) is 2.90. The lowest BCUT2D eigenvalue weighted by Gasteiger charge is -2.25. The number of hydrogen-bond donors (Lipinski definition) is 0. The van der Waals surface area contributed by atoms with Crippen LogP contribution in [0.3, 0.4) is 0 Å². The molecule has 1 unspecified atom stereocenters. The number of carbonyl (C=O) groups is 1. The summed E-state index contributed by atoms with van der Waals surface area (Å²) in [4.78, 5) is 18.5. The number of aryl methyl sites for hydroxylation is 1. The van der Waals surface area contributed by atoms with Gasteiger partial charge in [0.1, 0.15) is 0 Å². The molecule has 0 N–H and O–H groups in total. The number of nitrogens with zero attached hydrogens (tertiary/aromatic N) is 2. The molecule has 2 aromatic rings. The van der Waals surface area contributed by atoms with Crippen molar-refractivity contribution in [2.45, 2.75) is 31.7 Å². The molecule has 2 aromatic heterocycles. The largest absolute Gasteiger partial charge is 0.336 e. The lowest BCUT2D eigenvalue weighted by Crippen LogP contribution is -2.30. The average Bonchev–Trinajstić information content (AvgIpc) is 3.17. The standard InChI is InChI=1S/C16H18N2OS/c19-16(4-3-13-7-11-20-12-13)18-10-1-2-15(18)14-5-8-17-9-6-14/h5-9,11-12,15H,1-4,10H2. The monoisotopic (exact) mass is 286 g/mol. The minimum atomic E-state index is 0.243. The summed E-state index contributed by atoms with van der Waals surface area (Å²) in [6, 6.07) is 6.39. The zero-order valence-electron chi connectivity index (χ0n) is 11.4. The van der Waals surface area contributed by atoms with Crippen molar-refractivity contribution < 1.29 is 4.79 Å². The van der Waals surface area contributed by atoms with Gasteiger partial charge in [0.15, 0.2) is 0 Å². The topological polar surface area (TPSA) is 33.2 Å². The van der Waals surface area contributed by atoms with Crippen LogP contribution in [0, 0.1) is 0 Å². The van der Waals surface area contributed by atoms with E-state index < -0.39 is 0 Å². The molecule has 1 atom stereocenters. The van der Waals surface area contributed by atoms with E-state index in [1.54, 1.807) is 11.3 Å². The number of hydrogen-bond acceptors (Lipinski definition) is 3. The summed E-state index contributed by atoms with van der Waals surface area (Å²) in [6.45, 7) is 0.884. The smallest absolute Gasteiger partial charge is 0.223 e. The molecule has 0 radical (unpaired) electrons. The number of likely N-dealkylation sites (tertiary alicyclic amines) is 1. The Kier molecular flexibility index (Phi) is 4.11. The molecule has 1 aliphatic rings. The van der Waals surface area contributed by atoms with Crippen molar-refractivity contribution in [2.24, 2.45) is 0 Å². The minimum Gasteiger partial charge on any atom is -0.336 e. The van der Waals surface area contributed by atoms with Gasteiger partial charge >= 0.3 is 0 Å². The van der Waals surface area contributed by atoms with E-state index in [2.05, 4.69) is 21.8 Å². The first kappa shape index (κ1) is 13.3. The van der Waals surface area contributed by atoms with Crippen LogP contribution in [0.25, 0.3) is 0 Å². The highest BCUT2D eigenvalue weighted by atomic mass is 32.1. The van der Waals surface area contributed by atoms with Crippen molar-refractivity contribution in [1.82, 2.24) is 9.88 Å². The third-order valence-corrected chi connectivity index (χ3v) is 4.60. The maximum Gasteiger partial charge on any atom is 0.223 e. The second-order valence-corrected chi connectivity index (χ2v) is 5.94. The summed E-state index contributed by atoms with van der Waals surface area (Å²) >= 11 is 1.69. The van der Waals surface area contributed by atoms with Gasteiger partial charge in [0.2, 0.25) is 5.91 Å². The van der Waals surface area contributed by atoms with Gasteiger partial charge in [-0.3, -0.25) is 9.78 Å². The van der Waals surface area contributed by atoms with Crippen LogP contribution in [0.15, 0.2) is 41.4 Å². The summed E-state index contributed by atoms with van der Waals surface area (Å²) < 4.78 is 0. The van der Waals surface area contributed by atoms with Crippen molar-refractivity contribution in [3.63, 3.8) is 0 Å². The van der Waals surface area contributed by atoms with E-state index in [9.17, 15) is 4.79 Å². The first-order valence-corrected chi connectivity index (χ1v) is 7.99. The fourth-order valence-electron chi connectivity index (χ4n) is 2.83. The predicted molar refractivity (Wildman–Crippen MR) is 80.6 cm³/mol. The number of amides is 1. The first-order valence-electron chi connectivity index (χ1n) is 7.05. The molecule has 4 heteroatoms. The fraction of sp³-hybridized carbons (Fsp3) is 0.375. The Labute approximate surface area is 123 Å². The molecule has 1 fully saturated rings. The van der Waals surface area contributed by atoms with E-state index in [1.165, 1.54) is 11.1 Å². The van der Waals surface area contributed by atoms with Crippen molar-refractivity contribution in [3.8, 4) is 0 Å². The molecule has 1 amide bonds. The SMILES string of the molecule is O=C(CCc1ccsc1)N1CCCC1c1ccncc1. The maximum absolute atomic E-state index is 12.4. The second kappa shape index (κ2) is 6.18. The van der Waals surface area contributed by atoms with Crippen molar-refractivity contribution in [1.29, 1.82) is 0 Å². The molecule has 0 bridgehead atoms. The lowest BCUT2D eigenvalue weighted by molar-refractivity contribution is -0.132. The van der Waals surface area contributed by atoms with Crippen LogP contribution in [0.5, 0.6) is 0 Å². The Hall–Kier alpha value is -1.68. The van der Waals surface area contributed by atoms with E-state index in [1.807, 2.05) is 29.4 Å². The fourth-order valence-corrected chi connectivity index (χ4v) is 3.53. The molecule has 0 aliphatic carbocycles. The quantitative estimate of drug-likeness (QED) is 0.862. The van der Waals surface area contributed by atoms with Crippen molar-refractivity contribution in [3.05, 3.63) is 52.5 Å². The van der Waals surface area contributed by atoms with E-state index in [4.69, 9.17) is 0 Å². The lowest BCUT2D eigenvalue weighted by atomic mass is 10.1. The molecule has 104 valence electrons. The van der Waals surface area contributed by atoms with Crippen LogP contribution in [0.1, 0.15) is 36.4 Å². The summed E-state index contributed by atoms with van der Waals surface area (Å²) in [5.74, 6) is 0.274. The summed E-state index contributed by atoms with van der Waals surface area (Å²) in [5, 5.41) is 4.19. The van der Waals surface area contributed by atoms with Gasteiger partial charge in [0, 0.05) is 25.4 Å². The van der Waals surface area contributed by atoms with E-state index in [0.717, 1.165) is 25.8 Å². The van der Waals surface area contributed by atoms with Crippen LogP contribution in [0.4, 0.5) is 0 Å². The summed E-state index contributed by atoms with van der Waals surface area (Å²) in [6.07, 6.45) is 7.23. The molecular weight excluding hydrogens is 268 g/mol. The average molecular weight is 286 g/mol. The number of carbonyl (C=O) groups excluding carboxylic acids is 1. The van der Waals surface area contributed by atoms with Gasteiger partial charge in [-0.2, -0.15) is 11.3 Å². The Balaban J connectivity index is 1.64. The van der Waals surface area contributed by atoms with Crippen LogP contribution in [-0.2, 0) is 11.2 Å². The Morgan fingerprint density at radius 3 is 2.95 bits per heavy atom. The molecule has 1 saturated heterocycles. The molecule has 0 aromatic carbocycles. The third-order valence-electron chi connectivity index (χ3n) is 3.87. The summed E-state index contributed by atoms with van der Waals surface area (Å²) in [7, 11) is 0. The van der Waals surface area contributed by atoms with E-state index >= 15 is 0 Å². The van der Waals surface area contributed by atoms with Gasteiger partial charge in [-0.25, -0.2) is 0 Å². The second-order valence-electron chi connectivity index (χ2n) is 5.16. The number of pyridine rings is 1. The van der Waals surface area contributed by atoms with Gasteiger partial charge in [0.25, 0.3) is 0 Å². The molecule has 3 heterocycles. The van der Waals surface area contributed by atoms with Crippen molar-refractivity contribution in [2.75, 3.05) is 6.54 Å². The van der Waals surface area contributed by atoms with Crippen LogP contribution < -0.4 is 0 Å². The maximum atomic E-state index is 12.4. The highest BCUT2D eigenvalue weighted by molar-refractivity contribution is 7.07. The zero-order valence-corrected chi connectivity index (χ0v) is 12.2. The predicted octanol–water partition coefficient (Wildman–Crippen LogP) is 3.44. The molecule has 3 nitrogen and oxygen atoms in total. The van der Waals surface area contributed by atoms with Gasteiger partial charge in [-0.05, 0) is 59.3 Å². The highest BCUT2D eigenvalue weighted by Gasteiger charge is 2.29. The number of thiophene rings is 1. The van der Waals surface area contributed by atoms with E-state index in [-0.39, 0.29) is 11.9 Å². The number of aromatic nitrogens is 1.